The lowest BCUT2D eigenvalue weighted by Crippen LogP contribution is -2.45. The maximum Gasteiger partial charge on any atom is 0.451 e. The Hall–Kier alpha value is -3.72. The van der Waals surface area contributed by atoms with Crippen LogP contribution < -0.4 is 10.1 Å². The number of amides is 1. The normalized spacial score (nSPS) is 18.4. The van der Waals surface area contributed by atoms with Crippen LogP contribution in [0.1, 0.15) is 17.8 Å². The maximum atomic E-state index is 14.2. The van der Waals surface area contributed by atoms with Crippen molar-refractivity contribution < 1.29 is 39.9 Å². The molecule has 0 bridgehead atoms. The van der Waals surface area contributed by atoms with Gasteiger partial charge in [0.1, 0.15) is 18.0 Å². The first-order valence-electron chi connectivity index (χ1n) is 11.0. The van der Waals surface area contributed by atoms with Gasteiger partial charge in [-0.15, -0.1) is 0 Å². The summed E-state index contributed by atoms with van der Waals surface area (Å²) in [6.45, 7) is -0.705. The van der Waals surface area contributed by atoms with Crippen molar-refractivity contribution in [3.8, 4) is 17.1 Å². The summed E-state index contributed by atoms with van der Waals surface area (Å²) in [6.07, 6.45) is -4.80. The third kappa shape index (κ3) is 5.88. The van der Waals surface area contributed by atoms with Crippen LogP contribution in [0.2, 0.25) is 0 Å². The molecule has 1 aliphatic rings. The zero-order valence-electron chi connectivity index (χ0n) is 19.6. The molecular weight excluding hydrogens is 537 g/mol. The number of ether oxygens (including phenoxy) is 1. The van der Waals surface area contributed by atoms with Crippen LogP contribution in [-0.4, -0.2) is 59.5 Å². The standard InChI is InChI=1S/C23H20F5N5O4S/c1-37-20-7-13(6-18(32-20)14-10-30-22(31-11-14)23(26,27)28)9-29-21(34)19-8-16(25)12-33(19)38(35,36)17-4-2-15(24)3-5-17/h2-7,10-11,16,19H,8-9,12H2,1H3,(H,29,34). The molecule has 1 fully saturated rings. The van der Waals surface area contributed by atoms with Crippen molar-refractivity contribution in [2.45, 2.75) is 36.3 Å². The third-order valence-corrected chi connectivity index (χ3v) is 7.56. The van der Waals surface area contributed by atoms with E-state index in [9.17, 15) is 35.2 Å². The summed E-state index contributed by atoms with van der Waals surface area (Å²) in [5, 5.41) is 2.55. The first-order chi connectivity index (χ1) is 17.9. The van der Waals surface area contributed by atoms with Crippen LogP contribution in [-0.2, 0) is 27.5 Å². The number of methoxy groups -OCH3 is 1. The van der Waals surface area contributed by atoms with Crippen molar-refractivity contribution in [3.05, 3.63) is 66.0 Å². The highest BCUT2D eigenvalue weighted by Gasteiger charge is 2.44. The monoisotopic (exact) mass is 557 g/mol. The van der Waals surface area contributed by atoms with Gasteiger partial charge in [0, 0.05) is 43.5 Å². The summed E-state index contributed by atoms with van der Waals surface area (Å²) < 4.78 is 97.6. The zero-order valence-corrected chi connectivity index (χ0v) is 20.4. The fraction of sp³-hybridized carbons (Fsp3) is 0.304. The fourth-order valence-electron chi connectivity index (χ4n) is 3.83. The van der Waals surface area contributed by atoms with Gasteiger partial charge >= 0.3 is 6.18 Å². The molecule has 15 heteroatoms. The molecule has 3 aromatic rings. The van der Waals surface area contributed by atoms with Crippen molar-refractivity contribution in [3.63, 3.8) is 0 Å². The Morgan fingerprint density at radius 2 is 1.82 bits per heavy atom. The number of sulfonamides is 1. The molecule has 1 aliphatic heterocycles. The Bertz CT molecular complexity index is 1420. The number of nitrogens with zero attached hydrogens (tertiary/aromatic N) is 4. The number of hydrogen-bond donors (Lipinski definition) is 1. The number of carbonyl (C=O) groups excluding carboxylic acids is 1. The predicted octanol–water partition coefficient (Wildman–Crippen LogP) is 3.12. The maximum absolute atomic E-state index is 14.2. The average molecular weight is 558 g/mol. The van der Waals surface area contributed by atoms with Gasteiger partial charge in [-0.2, -0.15) is 17.5 Å². The van der Waals surface area contributed by atoms with Gasteiger partial charge in [-0.3, -0.25) is 4.79 Å². The van der Waals surface area contributed by atoms with Crippen LogP contribution in [0, 0.1) is 5.82 Å². The van der Waals surface area contributed by atoms with Crippen LogP contribution in [0.25, 0.3) is 11.3 Å². The number of benzene rings is 1. The number of aromatic nitrogens is 3. The van der Waals surface area contributed by atoms with E-state index in [1.807, 2.05) is 0 Å². The minimum Gasteiger partial charge on any atom is -0.481 e. The second-order valence-electron chi connectivity index (χ2n) is 8.29. The molecule has 1 saturated heterocycles. The SMILES string of the molecule is COc1cc(CNC(=O)C2CC(F)CN2S(=O)(=O)c2ccc(F)cc2)cc(-c2cnc(C(F)(F)F)nc2)n1. The Morgan fingerprint density at radius 3 is 2.42 bits per heavy atom. The lowest BCUT2D eigenvalue weighted by atomic mass is 10.1. The fourth-order valence-corrected chi connectivity index (χ4v) is 5.46. The third-order valence-electron chi connectivity index (χ3n) is 5.67. The first kappa shape index (κ1) is 27.3. The first-order valence-corrected chi connectivity index (χ1v) is 12.5. The van der Waals surface area contributed by atoms with Crippen LogP contribution >= 0.6 is 0 Å². The van der Waals surface area contributed by atoms with Crippen LogP contribution in [0.5, 0.6) is 5.88 Å². The second kappa shape index (κ2) is 10.6. The number of halogens is 5. The molecule has 0 radical (unpaired) electrons. The molecule has 2 atom stereocenters. The van der Waals surface area contributed by atoms with Crippen LogP contribution in [0.15, 0.2) is 53.7 Å². The summed E-state index contributed by atoms with van der Waals surface area (Å²) in [6, 6.07) is 5.50. The summed E-state index contributed by atoms with van der Waals surface area (Å²) in [5.41, 5.74) is 0.715. The molecule has 3 heterocycles. The van der Waals surface area contributed by atoms with Crippen molar-refractivity contribution in [2.24, 2.45) is 0 Å². The summed E-state index contributed by atoms with van der Waals surface area (Å²) in [7, 11) is -2.98. The lowest BCUT2D eigenvalue weighted by Gasteiger charge is -2.23. The molecule has 1 aromatic carbocycles. The van der Waals surface area contributed by atoms with Gasteiger partial charge in [-0.25, -0.2) is 32.2 Å². The topological polar surface area (TPSA) is 114 Å². The average Bonchev–Trinajstić information content (AvgIpc) is 3.29. The van der Waals surface area contributed by atoms with E-state index in [2.05, 4.69) is 20.3 Å². The number of nitrogens with one attached hydrogen (secondary N) is 1. The van der Waals surface area contributed by atoms with E-state index in [1.54, 1.807) is 0 Å². The van der Waals surface area contributed by atoms with E-state index < -0.39 is 52.5 Å². The molecular formula is C23H20F5N5O4S. The van der Waals surface area contributed by atoms with Crippen LogP contribution in [0.4, 0.5) is 22.0 Å². The van der Waals surface area contributed by atoms with Crippen molar-refractivity contribution in [2.75, 3.05) is 13.7 Å². The Morgan fingerprint density at radius 1 is 1.16 bits per heavy atom. The molecule has 2 aromatic heterocycles. The number of rotatable bonds is 7. The molecule has 0 saturated carbocycles. The molecule has 0 spiro atoms. The number of hydrogen-bond acceptors (Lipinski definition) is 7. The molecule has 1 amide bonds. The van der Waals surface area contributed by atoms with Crippen molar-refractivity contribution in [1.82, 2.24) is 24.6 Å². The molecule has 0 aliphatic carbocycles. The van der Waals surface area contributed by atoms with Gasteiger partial charge in [0.15, 0.2) is 0 Å². The largest absolute Gasteiger partial charge is 0.481 e. The number of carbonyl (C=O) groups is 1. The second-order valence-corrected chi connectivity index (χ2v) is 10.2. The van der Waals surface area contributed by atoms with E-state index >= 15 is 0 Å². The Labute approximate surface area is 213 Å². The highest BCUT2D eigenvalue weighted by Crippen LogP contribution is 2.29. The molecule has 4 rings (SSSR count). The molecule has 202 valence electrons. The summed E-state index contributed by atoms with van der Waals surface area (Å²) in [5.74, 6) is -2.67. The molecule has 9 nitrogen and oxygen atoms in total. The molecule has 38 heavy (non-hydrogen) atoms. The predicted molar refractivity (Wildman–Crippen MR) is 122 cm³/mol. The van der Waals surface area contributed by atoms with Gasteiger partial charge in [-0.1, -0.05) is 0 Å². The Balaban J connectivity index is 1.52. The smallest absolute Gasteiger partial charge is 0.451 e. The van der Waals surface area contributed by atoms with E-state index in [4.69, 9.17) is 4.74 Å². The van der Waals surface area contributed by atoms with Gasteiger partial charge in [0.05, 0.1) is 17.7 Å². The summed E-state index contributed by atoms with van der Waals surface area (Å²) >= 11 is 0. The Kier molecular flexibility index (Phi) is 7.60. The van der Waals surface area contributed by atoms with E-state index in [0.29, 0.717) is 5.56 Å². The minimum absolute atomic E-state index is 0.0804. The van der Waals surface area contributed by atoms with E-state index in [0.717, 1.165) is 41.0 Å². The highest BCUT2D eigenvalue weighted by atomic mass is 32.2. The van der Waals surface area contributed by atoms with Crippen LogP contribution in [0.3, 0.4) is 0 Å². The summed E-state index contributed by atoms with van der Waals surface area (Å²) in [4.78, 5) is 23.4. The highest BCUT2D eigenvalue weighted by molar-refractivity contribution is 7.89. The molecule has 1 N–H and O–H groups in total. The lowest BCUT2D eigenvalue weighted by molar-refractivity contribution is -0.145. The number of pyridine rings is 1. The minimum atomic E-state index is -4.72. The van der Waals surface area contributed by atoms with Gasteiger partial charge in [0.25, 0.3) is 0 Å². The van der Waals surface area contributed by atoms with Crippen molar-refractivity contribution >= 4 is 15.9 Å². The number of alkyl halides is 4. The van der Waals surface area contributed by atoms with Gasteiger partial charge < -0.3 is 10.1 Å². The quantitative estimate of drug-likeness (QED) is 0.444. The molecule has 2 unspecified atom stereocenters. The van der Waals surface area contributed by atoms with Gasteiger partial charge in [0.2, 0.25) is 27.6 Å². The van der Waals surface area contributed by atoms with E-state index in [-0.39, 0.29) is 35.0 Å². The van der Waals surface area contributed by atoms with Crippen molar-refractivity contribution in [1.29, 1.82) is 0 Å². The van der Waals surface area contributed by atoms with Gasteiger partial charge in [-0.05, 0) is 35.9 Å². The van der Waals surface area contributed by atoms with E-state index in [1.165, 1.54) is 19.2 Å². The zero-order chi connectivity index (χ0) is 27.7.